The highest BCUT2D eigenvalue weighted by molar-refractivity contribution is 9.10. The van der Waals surface area contributed by atoms with Crippen LogP contribution < -0.4 is 5.32 Å². The Morgan fingerprint density at radius 3 is 2.74 bits per heavy atom. The minimum Gasteiger partial charge on any atom is -0.309 e. The molecule has 19 heavy (non-hydrogen) atoms. The first-order valence-electron chi connectivity index (χ1n) is 7.28. The van der Waals surface area contributed by atoms with Crippen LogP contribution in [0.1, 0.15) is 32.3 Å². The summed E-state index contributed by atoms with van der Waals surface area (Å²) in [7, 11) is 0. The van der Waals surface area contributed by atoms with E-state index < -0.39 is 0 Å². The molecule has 2 aliphatic rings. The largest absolute Gasteiger partial charge is 0.309 e. The fourth-order valence-corrected chi connectivity index (χ4v) is 3.57. The van der Waals surface area contributed by atoms with E-state index in [0.29, 0.717) is 0 Å². The van der Waals surface area contributed by atoms with Crippen LogP contribution in [0.2, 0.25) is 0 Å². The summed E-state index contributed by atoms with van der Waals surface area (Å²) in [5.41, 5.74) is 1.64. The second-order valence-corrected chi connectivity index (χ2v) is 7.52. The Balaban J connectivity index is 1.77. The molecule has 0 bridgehead atoms. The van der Waals surface area contributed by atoms with Crippen LogP contribution in [0.15, 0.2) is 28.7 Å². The molecule has 0 spiro atoms. The van der Waals surface area contributed by atoms with Gasteiger partial charge in [0, 0.05) is 35.7 Å². The molecule has 3 heteroatoms. The number of rotatable bonds is 3. The van der Waals surface area contributed by atoms with Crippen molar-refractivity contribution in [2.45, 2.75) is 44.8 Å². The van der Waals surface area contributed by atoms with E-state index >= 15 is 0 Å². The number of nitrogens with zero attached hydrogens (tertiary/aromatic N) is 1. The third kappa shape index (κ3) is 3.21. The molecule has 1 saturated heterocycles. The quantitative estimate of drug-likeness (QED) is 0.917. The van der Waals surface area contributed by atoms with Crippen molar-refractivity contribution in [1.29, 1.82) is 0 Å². The van der Waals surface area contributed by atoms with E-state index in [0.717, 1.165) is 31.6 Å². The van der Waals surface area contributed by atoms with Gasteiger partial charge in [0.05, 0.1) is 0 Å². The third-order valence-corrected chi connectivity index (χ3v) is 5.13. The maximum atomic E-state index is 3.71. The Morgan fingerprint density at radius 2 is 2.05 bits per heavy atom. The number of hydrogen-bond donors (Lipinski definition) is 1. The van der Waals surface area contributed by atoms with Crippen LogP contribution in [0.5, 0.6) is 0 Å². The average Bonchev–Trinajstić information content (AvgIpc) is 3.15. The highest BCUT2D eigenvalue weighted by Crippen LogP contribution is 2.38. The molecule has 1 aliphatic carbocycles. The molecule has 1 unspecified atom stereocenters. The van der Waals surface area contributed by atoms with Crippen LogP contribution in [0.25, 0.3) is 0 Å². The fourth-order valence-electron chi connectivity index (χ4n) is 3.16. The number of halogens is 1. The minimum absolute atomic E-state index is 0.229. The van der Waals surface area contributed by atoms with E-state index in [2.05, 4.69) is 64.3 Å². The molecule has 1 atom stereocenters. The number of nitrogens with one attached hydrogen (secondary N) is 1. The van der Waals surface area contributed by atoms with Gasteiger partial charge in [-0.25, -0.2) is 0 Å². The summed E-state index contributed by atoms with van der Waals surface area (Å²) in [5.74, 6) is 0.922. The van der Waals surface area contributed by atoms with Crippen molar-refractivity contribution in [2.24, 2.45) is 5.92 Å². The molecule has 1 aromatic carbocycles. The van der Waals surface area contributed by atoms with Gasteiger partial charge in [0.1, 0.15) is 0 Å². The van der Waals surface area contributed by atoms with Gasteiger partial charge in [-0.2, -0.15) is 0 Å². The molecule has 0 amide bonds. The molecule has 1 saturated carbocycles. The molecule has 2 nitrogen and oxygen atoms in total. The van der Waals surface area contributed by atoms with Crippen molar-refractivity contribution in [3.05, 3.63) is 34.3 Å². The van der Waals surface area contributed by atoms with Crippen molar-refractivity contribution in [3.8, 4) is 0 Å². The summed E-state index contributed by atoms with van der Waals surface area (Å²) < 4.78 is 1.24. The normalized spacial score (nSPS) is 27.4. The Labute approximate surface area is 124 Å². The monoisotopic (exact) mass is 322 g/mol. The summed E-state index contributed by atoms with van der Waals surface area (Å²) >= 11 is 3.68. The van der Waals surface area contributed by atoms with Crippen LogP contribution in [0, 0.1) is 5.92 Å². The van der Waals surface area contributed by atoms with E-state index in [1.807, 2.05) is 0 Å². The average molecular weight is 323 g/mol. The molecule has 3 rings (SSSR count). The summed E-state index contributed by atoms with van der Waals surface area (Å²) in [4.78, 5) is 2.69. The molecule has 0 radical (unpaired) electrons. The Hall–Kier alpha value is -0.380. The van der Waals surface area contributed by atoms with Crippen molar-refractivity contribution >= 4 is 15.9 Å². The van der Waals surface area contributed by atoms with Crippen LogP contribution in [-0.4, -0.2) is 29.6 Å². The van der Waals surface area contributed by atoms with Crippen molar-refractivity contribution in [3.63, 3.8) is 0 Å². The van der Waals surface area contributed by atoms with E-state index in [4.69, 9.17) is 0 Å². The van der Waals surface area contributed by atoms with Gasteiger partial charge >= 0.3 is 0 Å². The lowest BCUT2D eigenvalue weighted by molar-refractivity contribution is 0.0758. The van der Waals surface area contributed by atoms with E-state index in [-0.39, 0.29) is 5.54 Å². The number of benzene rings is 1. The molecule has 1 N–H and O–H groups in total. The first-order chi connectivity index (χ1) is 9.05. The maximum absolute atomic E-state index is 3.71. The predicted molar refractivity (Wildman–Crippen MR) is 83.1 cm³/mol. The van der Waals surface area contributed by atoms with E-state index in [9.17, 15) is 0 Å². The smallest absolute Gasteiger partial charge is 0.0253 e. The number of piperazine rings is 1. The van der Waals surface area contributed by atoms with Crippen molar-refractivity contribution in [2.75, 3.05) is 13.1 Å². The van der Waals surface area contributed by atoms with Gasteiger partial charge in [-0.15, -0.1) is 0 Å². The van der Waals surface area contributed by atoms with Gasteiger partial charge in [0.25, 0.3) is 0 Å². The van der Waals surface area contributed by atoms with E-state index in [1.165, 1.54) is 22.9 Å². The second kappa shape index (κ2) is 5.19. The lowest BCUT2D eigenvalue weighted by Gasteiger charge is -2.45. The molecule has 0 aromatic heterocycles. The molecule has 2 fully saturated rings. The van der Waals surface area contributed by atoms with Gasteiger partial charge in [0.15, 0.2) is 0 Å². The zero-order valence-electron chi connectivity index (χ0n) is 11.8. The lowest BCUT2D eigenvalue weighted by Crippen LogP contribution is -2.61. The maximum Gasteiger partial charge on any atom is 0.0253 e. The molecule has 1 heterocycles. The van der Waals surface area contributed by atoms with Crippen LogP contribution in [0.3, 0.4) is 0 Å². The Morgan fingerprint density at radius 1 is 1.32 bits per heavy atom. The zero-order chi connectivity index (χ0) is 13.5. The SMILES string of the molecule is CC1(C)CN(Cc2ccccc2Br)C(C2CC2)CN1. The van der Waals surface area contributed by atoms with Gasteiger partial charge in [0.2, 0.25) is 0 Å². The summed E-state index contributed by atoms with van der Waals surface area (Å²) in [6.07, 6.45) is 2.83. The van der Waals surface area contributed by atoms with Gasteiger partial charge in [-0.05, 0) is 44.2 Å². The fraction of sp³-hybridized carbons (Fsp3) is 0.625. The molecular formula is C16H23BrN2. The summed E-state index contributed by atoms with van der Waals surface area (Å²) in [5, 5.41) is 3.71. The van der Waals surface area contributed by atoms with Crippen LogP contribution in [-0.2, 0) is 6.54 Å². The lowest BCUT2D eigenvalue weighted by atomic mass is 9.96. The van der Waals surface area contributed by atoms with E-state index in [1.54, 1.807) is 0 Å². The molecule has 1 aromatic rings. The van der Waals surface area contributed by atoms with Crippen LogP contribution >= 0.6 is 15.9 Å². The molecular weight excluding hydrogens is 300 g/mol. The van der Waals surface area contributed by atoms with Crippen LogP contribution in [0.4, 0.5) is 0 Å². The van der Waals surface area contributed by atoms with Crippen molar-refractivity contribution < 1.29 is 0 Å². The standard InChI is InChI=1S/C16H23BrN2/c1-16(2)11-19(15(9-18-16)12-7-8-12)10-13-5-3-4-6-14(13)17/h3-6,12,15,18H,7-11H2,1-2H3. The molecule has 104 valence electrons. The zero-order valence-corrected chi connectivity index (χ0v) is 13.4. The topological polar surface area (TPSA) is 15.3 Å². The van der Waals surface area contributed by atoms with Gasteiger partial charge < -0.3 is 5.32 Å². The summed E-state index contributed by atoms with van der Waals surface area (Å²) in [6.45, 7) is 7.96. The first-order valence-corrected chi connectivity index (χ1v) is 8.07. The van der Waals surface area contributed by atoms with Gasteiger partial charge in [-0.1, -0.05) is 34.1 Å². The minimum atomic E-state index is 0.229. The predicted octanol–water partition coefficient (Wildman–Crippen LogP) is 3.41. The number of hydrogen-bond acceptors (Lipinski definition) is 2. The Kier molecular flexibility index (Phi) is 3.71. The highest BCUT2D eigenvalue weighted by Gasteiger charge is 2.40. The first kappa shape index (κ1) is 13.6. The van der Waals surface area contributed by atoms with Gasteiger partial charge in [-0.3, -0.25) is 4.90 Å². The second-order valence-electron chi connectivity index (χ2n) is 6.67. The molecule has 1 aliphatic heterocycles. The van der Waals surface area contributed by atoms with Crippen molar-refractivity contribution in [1.82, 2.24) is 10.2 Å². The summed E-state index contributed by atoms with van der Waals surface area (Å²) in [6, 6.07) is 9.34. The third-order valence-electron chi connectivity index (χ3n) is 4.35. The Bertz CT molecular complexity index is 454. The highest BCUT2D eigenvalue weighted by atomic mass is 79.9.